The molecule has 6 heteroatoms. The maximum absolute atomic E-state index is 11.6. The Morgan fingerprint density at radius 1 is 1.42 bits per heavy atom. The van der Waals surface area contributed by atoms with Gasteiger partial charge >= 0.3 is 0 Å². The van der Waals surface area contributed by atoms with Crippen molar-refractivity contribution in [3.63, 3.8) is 0 Å². The van der Waals surface area contributed by atoms with Crippen LogP contribution >= 0.6 is 0 Å². The maximum atomic E-state index is 11.6. The molecule has 0 bridgehead atoms. The zero-order valence-corrected chi connectivity index (χ0v) is 13.3. The van der Waals surface area contributed by atoms with Crippen molar-refractivity contribution in [1.82, 2.24) is 4.31 Å². The highest BCUT2D eigenvalue weighted by Gasteiger charge is 2.29. The summed E-state index contributed by atoms with van der Waals surface area (Å²) in [7, 11) is -1.39. The van der Waals surface area contributed by atoms with Gasteiger partial charge in [0.1, 0.15) is 0 Å². The minimum atomic E-state index is -3.08. The second-order valence-electron chi connectivity index (χ2n) is 5.97. The van der Waals surface area contributed by atoms with Crippen LogP contribution in [0.1, 0.15) is 33.1 Å². The number of methoxy groups -OCH3 is 1. The molecule has 0 aliphatic carbocycles. The lowest BCUT2D eigenvalue weighted by Gasteiger charge is -2.34. The number of ether oxygens (including phenoxy) is 1. The summed E-state index contributed by atoms with van der Waals surface area (Å²) in [5.41, 5.74) is 6.22. The maximum Gasteiger partial charge on any atom is 0.211 e. The molecule has 0 amide bonds. The van der Waals surface area contributed by atoms with E-state index >= 15 is 0 Å². The van der Waals surface area contributed by atoms with Gasteiger partial charge in [-0.25, -0.2) is 12.7 Å². The van der Waals surface area contributed by atoms with Gasteiger partial charge in [-0.1, -0.05) is 13.8 Å². The molecule has 1 saturated heterocycles. The quantitative estimate of drug-likeness (QED) is 0.794. The molecule has 0 saturated carbocycles. The van der Waals surface area contributed by atoms with Crippen molar-refractivity contribution < 1.29 is 13.2 Å². The van der Waals surface area contributed by atoms with Crippen molar-refractivity contribution >= 4 is 10.0 Å². The summed E-state index contributed by atoms with van der Waals surface area (Å²) in [5, 5.41) is 0. The van der Waals surface area contributed by atoms with E-state index < -0.39 is 10.0 Å². The molecule has 1 heterocycles. The minimum Gasteiger partial charge on any atom is -0.380 e. The average molecular weight is 292 g/mol. The largest absolute Gasteiger partial charge is 0.380 e. The number of nitrogens with two attached hydrogens (primary N) is 1. The van der Waals surface area contributed by atoms with Gasteiger partial charge in [-0.05, 0) is 31.1 Å². The fourth-order valence-corrected chi connectivity index (χ4v) is 3.92. The Balaban J connectivity index is 2.57. The predicted octanol–water partition coefficient (Wildman–Crippen LogP) is 1.05. The summed E-state index contributed by atoms with van der Waals surface area (Å²) in [6.45, 7) is 5.43. The van der Waals surface area contributed by atoms with Crippen molar-refractivity contribution in [3.8, 4) is 0 Å². The molecular formula is C13H28N2O3S. The Hall–Kier alpha value is -0.170. The van der Waals surface area contributed by atoms with Crippen LogP contribution in [0.3, 0.4) is 0 Å². The van der Waals surface area contributed by atoms with E-state index in [9.17, 15) is 8.42 Å². The SMILES string of the molecule is COC(C(C)C)C(N)CC1CCCN(S(C)(=O)=O)C1. The molecule has 0 radical (unpaired) electrons. The molecule has 0 spiro atoms. The lowest BCUT2D eigenvalue weighted by atomic mass is 9.88. The van der Waals surface area contributed by atoms with E-state index in [1.165, 1.54) is 6.26 Å². The smallest absolute Gasteiger partial charge is 0.211 e. The minimum absolute atomic E-state index is 0.0329. The Bertz CT molecular complexity index is 370. The highest BCUT2D eigenvalue weighted by molar-refractivity contribution is 7.88. The Kier molecular flexibility index (Phi) is 6.23. The van der Waals surface area contributed by atoms with Gasteiger partial charge in [0, 0.05) is 26.2 Å². The summed E-state index contributed by atoms with van der Waals surface area (Å²) >= 11 is 0. The van der Waals surface area contributed by atoms with Gasteiger partial charge in [-0.3, -0.25) is 0 Å². The van der Waals surface area contributed by atoms with Gasteiger partial charge in [0.05, 0.1) is 12.4 Å². The Morgan fingerprint density at radius 2 is 2.05 bits per heavy atom. The summed E-state index contributed by atoms with van der Waals surface area (Å²) < 4.78 is 30.2. The molecule has 1 rings (SSSR count). The first-order chi connectivity index (χ1) is 8.75. The standard InChI is InChI=1S/C13H28N2O3S/c1-10(2)13(18-3)12(14)8-11-6-5-7-15(9-11)19(4,16)17/h10-13H,5-9,14H2,1-4H3. The van der Waals surface area contributed by atoms with Gasteiger partial charge in [0.15, 0.2) is 0 Å². The predicted molar refractivity (Wildman–Crippen MR) is 77.4 cm³/mol. The van der Waals surface area contributed by atoms with Crippen molar-refractivity contribution in [2.75, 3.05) is 26.5 Å². The van der Waals surface area contributed by atoms with E-state index in [2.05, 4.69) is 13.8 Å². The van der Waals surface area contributed by atoms with Gasteiger partial charge in [0.25, 0.3) is 0 Å². The van der Waals surface area contributed by atoms with Gasteiger partial charge < -0.3 is 10.5 Å². The van der Waals surface area contributed by atoms with Crippen LogP contribution in [0.2, 0.25) is 0 Å². The van der Waals surface area contributed by atoms with E-state index in [1.807, 2.05) is 0 Å². The normalized spacial score (nSPS) is 25.5. The summed E-state index contributed by atoms with van der Waals surface area (Å²) in [4.78, 5) is 0. The molecule has 1 fully saturated rings. The Morgan fingerprint density at radius 3 is 2.53 bits per heavy atom. The zero-order valence-electron chi connectivity index (χ0n) is 12.5. The molecule has 1 aliphatic heterocycles. The van der Waals surface area contributed by atoms with Crippen molar-refractivity contribution in [3.05, 3.63) is 0 Å². The van der Waals surface area contributed by atoms with Gasteiger partial charge in [-0.15, -0.1) is 0 Å². The first kappa shape index (κ1) is 16.9. The van der Waals surface area contributed by atoms with E-state index in [4.69, 9.17) is 10.5 Å². The first-order valence-electron chi connectivity index (χ1n) is 6.99. The lowest BCUT2D eigenvalue weighted by Crippen LogP contribution is -2.45. The number of rotatable bonds is 6. The number of hydrogen-bond acceptors (Lipinski definition) is 4. The van der Waals surface area contributed by atoms with Crippen LogP contribution < -0.4 is 5.73 Å². The molecule has 0 aromatic carbocycles. The first-order valence-corrected chi connectivity index (χ1v) is 8.84. The molecule has 0 aromatic rings. The second-order valence-corrected chi connectivity index (χ2v) is 7.96. The van der Waals surface area contributed by atoms with Crippen molar-refractivity contribution in [2.45, 2.75) is 45.3 Å². The highest BCUT2D eigenvalue weighted by Crippen LogP contribution is 2.24. The molecule has 1 aliphatic rings. The highest BCUT2D eigenvalue weighted by atomic mass is 32.2. The molecule has 3 unspecified atom stereocenters. The third-order valence-corrected chi connectivity index (χ3v) is 5.18. The summed E-state index contributed by atoms with van der Waals surface area (Å²) in [6, 6.07) is -0.0329. The number of hydrogen-bond donors (Lipinski definition) is 1. The molecule has 2 N–H and O–H groups in total. The zero-order chi connectivity index (χ0) is 14.6. The lowest BCUT2D eigenvalue weighted by molar-refractivity contribution is 0.0348. The van der Waals surface area contributed by atoms with E-state index in [1.54, 1.807) is 11.4 Å². The fourth-order valence-electron chi connectivity index (χ4n) is 2.98. The summed E-state index contributed by atoms with van der Waals surface area (Å²) in [6.07, 6.45) is 4.11. The van der Waals surface area contributed by atoms with Crippen LogP contribution in [0.25, 0.3) is 0 Å². The van der Waals surface area contributed by atoms with Crippen molar-refractivity contribution in [2.24, 2.45) is 17.6 Å². The van der Waals surface area contributed by atoms with Crippen LogP contribution in [0.4, 0.5) is 0 Å². The monoisotopic (exact) mass is 292 g/mol. The van der Waals surface area contributed by atoms with Gasteiger partial charge in [-0.2, -0.15) is 0 Å². The van der Waals surface area contributed by atoms with Gasteiger partial charge in [0.2, 0.25) is 10.0 Å². The topological polar surface area (TPSA) is 72.6 Å². The van der Waals surface area contributed by atoms with Crippen molar-refractivity contribution in [1.29, 1.82) is 0 Å². The van der Waals surface area contributed by atoms with E-state index in [0.717, 1.165) is 19.3 Å². The second kappa shape index (κ2) is 7.02. The van der Waals surface area contributed by atoms with Crippen LogP contribution in [-0.2, 0) is 14.8 Å². The third kappa shape index (κ3) is 5.02. The van der Waals surface area contributed by atoms with Crippen LogP contribution in [0.5, 0.6) is 0 Å². The number of piperidine rings is 1. The molecule has 114 valence electrons. The summed E-state index contributed by atoms with van der Waals surface area (Å²) in [5.74, 6) is 0.712. The molecule has 5 nitrogen and oxygen atoms in total. The molecule has 19 heavy (non-hydrogen) atoms. The Labute approximate surface area is 117 Å². The van der Waals surface area contributed by atoms with Crippen LogP contribution in [0, 0.1) is 11.8 Å². The number of sulfonamides is 1. The van der Waals surface area contributed by atoms with Crippen LogP contribution in [0.15, 0.2) is 0 Å². The van der Waals surface area contributed by atoms with Crippen LogP contribution in [-0.4, -0.2) is 51.3 Å². The number of nitrogens with zero attached hydrogens (tertiary/aromatic N) is 1. The van der Waals surface area contributed by atoms with E-state index in [-0.39, 0.29) is 12.1 Å². The third-order valence-electron chi connectivity index (χ3n) is 3.91. The van der Waals surface area contributed by atoms with E-state index in [0.29, 0.717) is 24.9 Å². The molecule has 3 atom stereocenters. The molecule has 0 aromatic heterocycles. The fraction of sp³-hybridized carbons (Fsp3) is 1.00. The molecular weight excluding hydrogens is 264 g/mol. The average Bonchev–Trinajstić information content (AvgIpc) is 2.28.